The lowest BCUT2D eigenvalue weighted by Crippen LogP contribution is -2.29. The van der Waals surface area contributed by atoms with Crippen molar-refractivity contribution < 1.29 is 19.2 Å². The van der Waals surface area contributed by atoms with Crippen molar-refractivity contribution in [2.45, 2.75) is 63.8 Å². The summed E-state index contributed by atoms with van der Waals surface area (Å²) in [5, 5.41) is 13.2. The molecule has 1 unspecified atom stereocenters. The number of nitrogens with one attached hydrogen (secondary N) is 1. The molecule has 1 aliphatic carbocycles. The Labute approximate surface area is 182 Å². The van der Waals surface area contributed by atoms with Gasteiger partial charge < -0.3 is 9.40 Å². The van der Waals surface area contributed by atoms with E-state index in [1.54, 1.807) is 18.0 Å². The van der Waals surface area contributed by atoms with Gasteiger partial charge in [0.2, 0.25) is 5.91 Å². The first-order valence-corrected chi connectivity index (χ1v) is 11.0. The summed E-state index contributed by atoms with van der Waals surface area (Å²) in [6, 6.07) is 6.53. The Balaban J connectivity index is 1.74. The van der Waals surface area contributed by atoms with Crippen LogP contribution in [0.25, 0.3) is 0 Å². The highest BCUT2D eigenvalue weighted by Crippen LogP contribution is 2.31. The van der Waals surface area contributed by atoms with Crippen molar-refractivity contribution in [1.29, 1.82) is 0 Å². The second kappa shape index (κ2) is 12.2. The summed E-state index contributed by atoms with van der Waals surface area (Å²) < 4.78 is 15.4. The number of carbonyl (C=O) groups is 1. The molecule has 2 aromatic rings. The minimum Gasteiger partial charge on any atom is -0.396 e. The van der Waals surface area contributed by atoms with E-state index in [1.165, 1.54) is 31.4 Å². The Morgan fingerprint density at radius 1 is 1.26 bits per heavy atom. The minimum atomic E-state index is -0.397. The van der Waals surface area contributed by atoms with Gasteiger partial charge in [-0.3, -0.25) is 10.0 Å². The third-order valence-electron chi connectivity index (χ3n) is 5.78. The van der Waals surface area contributed by atoms with Crippen molar-refractivity contribution in [3.63, 3.8) is 0 Å². The largest absolute Gasteiger partial charge is 0.396 e. The van der Waals surface area contributed by atoms with Gasteiger partial charge in [-0.05, 0) is 49.8 Å². The lowest BCUT2D eigenvalue weighted by atomic mass is 9.82. The van der Waals surface area contributed by atoms with E-state index >= 15 is 0 Å². The highest BCUT2D eigenvalue weighted by atomic mass is 19.1. The number of imidazole rings is 1. The van der Waals surface area contributed by atoms with Gasteiger partial charge in [0.1, 0.15) is 12.4 Å². The SMILES string of the molecule is O=C(CCCCON=C(C1CCCCC1)C(Cc1ccc(F)cc1)n1ccnc1)NO. The Bertz CT molecular complexity index is 818. The van der Waals surface area contributed by atoms with Crippen molar-refractivity contribution in [1.82, 2.24) is 15.0 Å². The van der Waals surface area contributed by atoms with Gasteiger partial charge in [0, 0.05) is 24.7 Å². The predicted molar refractivity (Wildman–Crippen MR) is 115 cm³/mol. The van der Waals surface area contributed by atoms with Crippen LogP contribution in [0.1, 0.15) is 63.0 Å². The second-order valence-corrected chi connectivity index (χ2v) is 8.03. The van der Waals surface area contributed by atoms with Crippen molar-refractivity contribution in [2.75, 3.05) is 6.61 Å². The van der Waals surface area contributed by atoms with Crippen LogP contribution in [-0.4, -0.2) is 33.0 Å². The van der Waals surface area contributed by atoms with Crippen molar-refractivity contribution in [3.05, 3.63) is 54.4 Å². The summed E-state index contributed by atoms with van der Waals surface area (Å²) in [5.74, 6) is -0.310. The van der Waals surface area contributed by atoms with Gasteiger partial charge in [-0.25, -0.2) is 14.9 Å². The molecule has 3 rings (SSSR count). The molecular formula is C23H31FN4O3. The zero-order valence-electron chi connectivity index (χ0n) is 17.8. The molecule has 31 heavy (non-hydrogen) atoms. The summed E-state index contributed by atoms with van der Waals surface area (Å²) in [6.45, 7) is 0.405. The number of hydrogen-bond donors (Lipinski definition) is 2. The van der Waals surface area contributed by atoms with Crippen LogP contribution in [0, 0.1) is 11.7 Å². The molecule has 168 valence electrons. The molecule has 1 aromatic heterocycles. The van der Waals surface area contributed by atoms with E-state index in [-0.39, 0.29) is 18.3 Å². The fourth-order valence-electron chi connectivity index (χ4n) is 4.09. The number of halogens is 1. The molecule has 0 saturated heterocycles. The quantitative estimate of drug-likeness (QED) is 0.239. The maximum absolute atomic E-state index is 13.4. The lowest BCUT2D eigenvalue weighted by Gasteiger charge is -2.29. The number of unbranched alkanes of at least 4 members (excludes halogenated alkanes) is 1. The number of aromatic nitrogens is 2. The van der Waals surface area contributed by atoms with Crippen LogP contribution in [0.3, 0.4) is 0 Å². The van der Waals surface area contributed by atoms with E-state index in [2.05, 4.69) is 10.1 Å². The molecule has 1 amide bonds. The number of hydrogen-bond acceptors (Lipinski definition) is 5. The number of hydroxylamine groups is 1. The fraction of sp³-hybridized carbons (Fsp3) is 0.522. The van der Waals surface area contributed by atoms with Gasteiger partial charge in [0.15, 0.2) is 0 Å². The number of carbonyl (C=O) groups excluding carboxylic acids is 1. The highest BCUT2D eigenvalue weighted by molar-refractivity contribution is 5.90. The summed E-state index contributed by atoms with van der Waals surface area (Å²) in [4.78, 5) is 21.0. The molecule has 1 fully saturated rings. The van der Waals surface area contributed by atoms with E-state index in [9.17, 15) is 9.18 Å². The van der Waals surface area contributed by atoms with Crippen LogP contribution in [0.2, 0.25) is 0 Å². The maximum atomic E-state index is 13.4. The molecular weight excluding hydrogens is 399 g/mol. The first-order valence-electron chi connectivity index (χ1n) is 11.0. The van der Waals surface area contributed by atoms with Crippen molar-refractivity contribution >= 4 is 11.6 Å². The molecule has 0 aliphatic heterocycles. The number of rotatable bonds is 11. The van der Waals surface area contributed by atoms with Gasteiger partial charge in [-0.15, -0.1) is 0 Å². The van der Waals surface area contributed by atoms with E-state index in [0.29, 0.717) is 31.8 Å². The van der Waals surface area contributed by atoms with E-state index < -0.39 is 5.91 Å². The van der Waals surface area contributed by atoms with Gasteiger partial charge in [0.25, 0.3) is 0 Å². The molecule has 8 heteroatoms. The molecule has 1 aromatic carbocycles. The topological polar surface area (TPSA) is 88.7 Å². The van der Waals surface area contributed by atoms with Crippen LogP contribution in [0.4, 0.5) is 4.39 Å². The Morgan fingerprint density at radius 2 is 2.03 bits per heavy atom. The van der Waals surface area contributed by atoms with Gasteiger partial charge in [-0.1, -0.05) is 36.6 Å². The first kappa shape index (κ1) is 22.9. The molecule has 1 saturated carbocycles. The Hall–Kier alpha value is -2.74. The number of benzene rings is 1. The summed E-state index contributed by atoms with van der Waals surface area (Å²) in [7, 11) is 0. The average molecular weight is 431 g/mol. The van der Waals surface area contributed by atoms with Crippen molar-refractivity contribution in [2.24, 2.45) is 11.1 Å². The van der Waals surface area contributed by atoms with E-state index in [0.717, 1.165) is 24.1 Å². The van der Waals surface area contributed by atoms with Gasteiger partial charge in [0.05, 0.1) is 18.1 Å². The third kappa shape index (κ3) is 7.17. The standard InChI is InChI=1S/C23H31FN4O3/c24-20-11-9-18(10-12-20)16-21(28-14-13-25-17-28)23(19-6-2-1-3-7-19)27-31-15-5-4-8-22(29)26-30/h9-14,17,19,21,30H,1-8,15-16H2,(H,26,29). The Morgan fingerprint density at radius 3 is 2.71 bits per heavy atom. The van der Waals surface area contributed by atoms with Crippen LogP contribution < -0.4 is 5.48 Å². The van der Waals surface area contributed by atoms with Gasteiger partial charge >= 0.3 is 0 Å². The predicted octanol–water partition coefficient (Wildman–Crippen LogP) is 4.43. The zero-order chi connectivity index (χ0) is 21.9. The molecule has 1 heterocycles. The van der Waals surface area contributed by atoms with Gasteiger partial charge in [-0.2, -0.15) is 0 Å². The zero-order valence-corrected chi connectivity index (χ0v) is 17.8. The first-order chi connectivity index (χ1) is 15.2. The van der Waals surface area contributed by atoms with Crippen molar-refractivity contribution in [3.8, 4) is 0 Å². The minimum absolute atomic E-state index is 0.0590. The monoisotopic (exact) mass is 430 g/mol. The number of nitrogens with zero attached hydrogens (tertiary/aromatic N) is 3. The molecule has 0 radical (unpaired) electrons. The molecule has 0 spiro atoms. The van der Waals surface area contributed by atoms with E-state index in [1.807, 2.05) is 22.9 Å². The summed E-state index contributed by atoms with van der Waals surface area (Å²) >= 11 is 0. The molecule has 0 bridgehead atoms. The van der Waals surface area contributed by atoms with Crippen LogP contribution >= 0.6 is 0 Å². The normalized spacial score (nSPS) is 16.1. The summed E-state index contributed by atoms with van der Waals surface area (Å²) in [5.41, 5.74) is 3.66. The van der Waals surface area contributed by atoms with Crippen LogP contribution in [0.15, 0.2) is 48.1 Å². The molecule has 1 atom stereocenters. The van der Waals surface area contributed by atoms with Crippen LogP contribution in [0.5, 0.6) is 0 Å². The van der Waals surface area contributed by atoms with Crippen LogP contribution in [-0.2, 0) is 16.1 Å². The number of amides is 1. The van der Waals surface area contributed by atoms with E-state index in [4.69, 9.17) is 10.0 Å². The number of oxime groups is 1. The fourth-order valence-corrected chi connectivity index (χ4v) is 4.09. The smallest absolute Gasteiger partial charge is 0.243 e. The molecule has 1 aliphatic rings. The molecule has 7 nitrogen and oxygen atoms in total. The molecule has 2 N–H and O–H groups in total. The Kier molecular flexibility index (Phi) is 9.02. The summed E-state index contributed by atoms with van der Waals surface area (Å²) in [6.07, 6.45) is 13.4. The average Bonchev–Trinajstić information content (AvgIpc) is 3.34. The second-order valence-electron chi connectivity index (χ2n) is 8.03. The maximum Gasteiger partial charge on any atom is 0.243 e. The lowest BCUT2D eigenvalue weighted by molar-refractivity contribution is -0.129. The third-order valence-corrected chi connectivity index (χ3v) is 5.78. The highest BCUT2D eigenvalue weighted by Gasteiger charge is 2.28.